The highest BCUT2D eigenvalue weighted by atomic mass is 35.5. The molecule has 1 aromatic carbocycles. The van der Waals surface area contributed by atoms with Crippen molar-refractivity contribution in [2.45, 2.75) is 6.92 Å². The standard InChI is InChI=1S/C16H10ClFN2O3/c1-8-6-12(17)19-15-13(8)14(21)11(16(22)23)7-20(15)10-4-2-9(18)3-5-10/h2-7H,1H3,(H,22,23). The molecular formula is C16H10ClFN2O3. The van der Waals surface area contributed by atoms with E-state index in [0.29, 0.717) is 11.3 Å². The minimum absolute atomic E-state index is 0.165. The lowest BCUT2D eigenvalue weighted by Crippen LogP contribution is -2.20. The summed E-state index contributed by atoms with van der Waals surface area (Å²) in [5, 5.41) is 9.61. The first-order valence-corrected chi connectivity index (χ1v) is 6.98. The monoisotopic (exact) mass is 332 g/mol. The number of nitrogens with zero attached hydrogens (tertiary/aromatic N) is 2. The third kappa shape index (κ3) is 2.57. The van der Waals surface area contributed by atoms with Crippen LogP contribution >= 0.6 is 11.6 Å². The molecular weight excluding hydrogens is 323 g/mol. The predicted octanol–water partition coefficient (Wildman–Crippen LogP) is 3.18. The summed E-state index contributed by atoms with van der Waals surface area (Å²) in [6.45, 7) is 1.65. The van der Waals surface area contributed by atoms with Crippen LogP contribution in [-0.2, 0) is 0 Å². The Morgan fingerprint density at radius 3 is 2.57 bits per heavy atom. The zero-order chi connectivity index (χ0) is 16.7. The molecule has 23 heavy (non-hydrogen) atoms. The highest BCUT2D eigenvalue weighted by Crippen LogP contribution is 2.21. The Kier molecular flexibility index (Phi) is 3.61. The van der Waals surface area contributed by atoms with Crippen LogP contribution in [0.25, 0.3) is 16.7 Å². The highest BCUT2D eigenvalue weighted by Gasteiger charge is 2.18. The third-order valence-electron chi connectivity index (χ3n) is 3.46. The number of rotatable bonds is 2. The molecule has 5 nitrogen and oxygen atoms in total. The van der Waals surface area contributed by atoms with Gasteiger partial charge < -0.3 is 9.67 Å². The van der Waals surface area contributed by atoms with Gasteiger partial charge in [-0.05, 0) is 42.8 Å². The number of aromatic carboxylic acids is 1. The van der Waals surface area contributed by atoms with Gasteiger partial charge in [-0.1, -0.05) is 11.6 Å². The van der Waals surface area contributed by atoms with Crippen LogP contribution in [0.3, 0.4) is 0 Å². The summed E-state index contributed by atoms with van der Waals surface area (Å²) >= 11 is 5.96. The lowest BCUT2D eigenvalue weighted by Gasteiger charge is -2.13. The van der Waals surface area contributed by atoms with E-state index in [-0.39, 0.29) is 16.2 Å². The molecule has 0 unspecified atom stereocenters. The van der Waals surface area contributed by atoms with E-state index in [4.69, 9.17) is 11.6 Å². The van der Waals surface area contributed by atoms with Crippen molar-refractivity contribution >= 4 is 28.6 Å². The number of fused-ring (bicyclic) bond motifs is 1. The van der Waals surface area contributed by atoms with Crippen molar-refractivity contribution in [3.63, 3.8) is 0 Å². The fourth-order valence-electron chi connectivity index (χ4n) is 2.41. The number of aromatic nitrogens is 2. The molecule has 0 atom stereocenters. The van der Waals surface area contributed by atoms with Gasteiger partial charge in [-0.2, -0.15) is 0 Å². The van der Waals surface area contributed by atoms with Crippen molar-refractivity contribution in [1.82, 2.24) is 9.55 Å². The van der Waals surface area contributed by atoms with Gasteiger partial charge in [0.15, 0.2) is 0 Å². The maximum atomic E-state index is 13.1. The van der Waals surface area contributed by atoms with Gasteiger partial charge in [-0.25, -0.2) is 14.2 Å². The Hall–Kier alpha value is -2.73. The van der Waals surface area contributed by atoms with Crippen LogP contribution < -0.4 is 5.43 Å². The van der Waals surface area contributed by atoms with Crippen LogP contribution in [0.1, 0.15) is 15.9 Å². The molecule has 0 fully saturated rings. The summed E-state index contributed by atoms with van der Waals surface area (Å²) in [7, 11) is 0. The van der Waals surface area contributed by atoms with Crippen molar-refractivity contribution in [3.8, 4) is 5.69 Å². The van der Waals surface area contributed by atoms with Crippen LogP contribution in [0, 0.1) is 12.7 Å². The number of hydrogen-bond acceptors (Lipinski definition) is 3. The van der Waals surface area contributed by atoms with Gasteiger partial charge in [-0.3, -0.25) is 4.79 Å². The lowest BCUT2D eigenvalue weighted by molar-refractivity contribution is 0.0695. The fourth-order valence-corrected chi connectivity index (χ4v) is 2.65. The zero-order valence-electron chi connectivity index (χ0n) is 11.9. The topological polar surface area (TPSA) is 72.2 Å². The van der Waals surface area contributed by atoms with Crippen LogP contribution in [0.2, 0.25) is 5.15 Å². The Morgan fingerprint density at radius 2 is 1.96 bits per heavy atom. The summed E-state index contributed by atoms with van der Waals surface area (Å²) in [6.07, 6.45) is 1.17. The summed E-state index contributed by atoms with van der Waals surface area (Å²) in [4.78, 5) is 27.9. The number of halogens is 2. The average Bonchev–Trinajstić information content (AvgIpc) is 2.47. The van der Waals surface area contributed by atoms with Gasteiger partial charge in [-0.15, -0.1) is 0 Å². The van der Waals surface area contributed by atoms with E-state index in [1.165, 1.54) is 41.1 Å². The van der Waals surface area contributed by atoms with Crippen LogP contribution in [0.15, 0.2) is 41.3 Å². The second-order valence-corrected chi connectivity index (χ2v) is 5.37. The first-order valence-electron chi connectivity index (χ1n) is 6.60. The zero-order valence-corrected chi connectivity index (χ0v) is 12.6. The number of carbonyl (C=O) groups is 1. The number of benzene rings is 1. The van der Waals surface area contributed by atoms with E-state index >= 15 is 0 Å². The van der Waals surface area contributed by atoms with Gasteiger partial charge in [0.25, 0.3) is 0 Å². The van der Waals surface area contributed by atoms with E-state index in [2.05, 4.69) is 4.98 Å². The second kappa shape index (κ2) is 5.48. The van der Waals surface area contributed by atoms with Crippen molar-refractivity contribution in [2.75, 3.05) is 0 Å². The Labute approximate surface area is 134 Å². The number of hydrogen-bond donors (Lipinski definition) is 1. The molecule has 0 aliphatic carbocycles. The maximum absolute atomic E-state index is 13.1. The van der Waals surface area contributed by atoms with Crippen molar-refractivity contribution in [2.24, 2.45) is 0 Å². The van der Waals surface area contributed by atoms with Crippen LogP contribution in [0.4, 0.5) is 4.39 Å². The molecule has 3 rings (SSSR count). The minimum atomic E-state index is -1.35. The number of carboxylic acids is 1. The fraction of sp³-hybridized carbons (Fsp3) is 0.0625. The molecule has 0 radical (unpaired) electrons. The van der Waals surface area contributed by atoms with Crippen molar-refractivity contribution < 1.29 is 14.3 Å². The first kappa shape index (κ1) is 15.2. The summed E-state index contributed by atoms with van der Waals surface area (Å²) in [5.74, 6) is -1.78. The summed E-state index contributed by atoms with van der Waals surface area (Å²) < 4.78 is 14.5. The quantitative estimate of drug-likeness (QED) is 0.731. The lowest BCUT2D eigenvalue weighted by atomic mass is 10.1. The van der Waals surface area contributed by atoms with Gasteiger partial charge in [0, 0.05) is 11.9 Å². The molecule has 2 heterocycles. The highest BCUT2D eigenvalue weighted by molar-refractivity contribution is 6.29. The van der Waals surface area contributed by atoms with Crippen LogP contribution in [-0.4, -0.2) is 20.6 Å². The maximum Gasteiger partial charge on any atom is 0.341 e. The van der Waals surface area contributed by atoms with Gasteiger partial charge >= 0.3 is 5.97 Å². The number of carboxylic acid groups (broad SMARTS) is 1. The normalized spacial score (nSPS) is 10.9. The van der Waals surface area contributed by atoms with E-state index in [9.17, 15) is 19.1 Å². The largest absolute Gasteiger partial charge is 0.477 e. The van der Waals surface area contributed by atoms with Gasteiger partial charge in [0.2, 0.25) is 5.43 Å². The predicted molar refractivity (Wildman–Crippen MR) is 84.0 cm³/mol. The SMILES string of the molecule is Cc1cc(Cl)nc2c1c(=O)c(C(=O)O)cn2-c1ccc(F)cc1. The number of aryl methyl sites for hydroxylation is 1. The summed E-state index contributed by atoms with van der Waals surface area (Å²) in [5.41, 5.74) is 0.176. The Morgan fingerprint density at radius 1 is 1.30 bits per heavy atom. The molecule has 0 spiro atoms. The van der Waals surface area contributed by atoms with Gasteiger partial charge in [0.1, 0.15) is 22.2 Å². The molecule has 0 amide bonds. The van der Waals surface area contributed by atoms with Crippen LogP contribution in [0.5, 0.6) is 0 Å². The van der Waals surface area contributed by atoms with Gasteiger partial charge in [0.05, 0.1) is 5.39 Å². The molecule has 0 aliphatic heterocycles. The molecule has 1 N–H and O–H groups in total. The second-order valence-electron chi connectivity index (χ2n) is 4.98. The third-order valence-corrected chi connectivity index (χ3v) is 3.65. The number of pyridine rings is 2. The molecule has 116 valence electrons. The van der Waals surface area contributed by atoms with Crippen molar-refractivity contribution in [1.29, 1.82) is 0 Å². The van der Waals surface area contributed by atoms with E-state index < -0.39 is 22.8 Å². The molecule has 3 aromatic rings. The molecule has 0 saturated carbocycles. The molecule has 0 saturated heterocycles. The first-order chi connectivity index (χ1) is 10.9. The Balaban J connectivity index is 2.49. The molecule has 0 bridgehead atoms. The van der Waals surface area contributed by atoms with E-state index in [1.807, 2.05) is 0 Å². The molecule has 2 aromatic heterocycles. The minimum Gasteiger partial charge on any atom is -0.477 e. The molecule has 7 heteroatoms. The van der Waals surface area contributed by atoms with E-state index in [0.717, 1.165) is 0 Å². The average molecular weight is 333 g/mol. The van der Waals surface area contributed by atoms with Crippen molar-refractivity contribution in [3.05, 3.63) is 68.8 Å². The smallest absolute Gasteiger partial charge is 0.341 e. The summed E-state index contributed by atoms with van der Waals surface area (Å²) in [6, 6.07) is 6.88. The molecule has 0 aliphatic rings. The Bertz CT molecular complexity index is 997. The van der Waals surface area contributed by atoms with E-state index in [1.54, 1.807) is 6.92 Å².